The molecule has 0 aromatic heterocycles. The van der Waals surface area contributed by atoms with Gasteiger partial charge in [-0.1, -0.05) is 0 Å². The summed E-state index contributed by atoms with van der Waals surface area (Å²) in [6.07, 6.45) is -0.307. The molecule has 1 saturated carbocycles. The van der Waals surface area contributed by atoms with Gasteiger partial charge in [-0.2, -0.15) is 0 Å². The quantitative estimate of drug-likeness (QED) is 0.547. The van der Waals surface area contributed by atoms with Gasteiger partial charge in [0.25, 0.3) is 6.43 Å². The van der Waals surface area contributed by atoms with E-state index in [2.05, 4.69) is 14.8 Å². The number of halogens is 2. The summed E-state index contributed by atoms with van der Waals surface area (Å²) in [4.78, 5) is 0. The highest BCUT2D eigenvalue weighted by molar-refractivity contribution is 7.89. The van der Waals surface area contributed by atoms with E-state index in [1.54, 1.807) is 0 Å². The van der Waals surface area contributed by atoms with Crippen LogP contribution in [0.4, 0.5) is 8.78 Å². The van der Waals surface area contributed by atoms with Crippen molar-refractivity contribution in [3.05, 3.63) is 0 Å². The van der Waals surface area contributed by atoms with E-state index < -0.39 is 23.1 Å². The minimum Gasteiger partial charge on any atom is -0.374 e. The first-order valence-electron chi connectivity index (χ1n) is 5.56. The third kappa shape index (κ3) is 8.42. The van der Waals surface area contributed by atoms with E-state index in [0.29, 0.717) is 12.6 Å². The maximum atomic E-state index is 11.7. The van der Waals surface area contributed by atoms with Crippen LogP contribution in [0.25, 0.3) is 0 Å². The minimum absolute atomic E-state index is 0.00164. The van der Waals surface area contributed by atoms with E-state index in [-0.39, 0.29) is 18.9 Å². The lowest BCUT2D eigenvalue weighted by atomic mass is 10.6. The van der Waals surface area contributed by atoms with Gasteiger partial charge in [-0.05, 0) is 12.8 Å². The van der Waals surface area contributed by atoms with Crippen LogP contribution in [-0.2, 0) is 14.8 Å². The Morgan fingerprint density at radius 3 is 2.59 bits per heavy atom. The smallest absolute Gasteiger partial charge is 0.261 e. The Morgan fingerprint density at radius 1 is 1.29 bits per heavy atom. The Labute approximate surface area is 100.0 Å². The first-order chi connectivity index (χ1) is 7.99. The summed E-state index contributed by atoms with van der Waals surface area (Å²) in [6, 6.07) is 0.472. The Balaban J connectivity index is 1.98. The molecule has 0 spiro atoms. The summed E-state index contributed by atoms with van der Waals surface area (Å²) in [5.74, 6) is -0.00164. The van der Waals surface area contributed by atoms with Gasteiger partial charge in [-0.15, -0.1) is 0 Å². The molecule has 0 atom stereocenters. The molecule has 8 heteroatoms. The first kappa shape index (κ1) is 14.7. The van der Waals surface area contributed by atoms with Crippen molar-refractivity contribution in [2.45, 2.75) is 25.3 Å². The largest absolute Gasteiger partial charge is 0.374 e. The van der Waals surface area contributed by atoms with Crippen molar-refractivity contribution in [2.24, 2.45) is 0 Å². The van der Waals surface area contributed by atoms with Crippen LogP contribution in [0.15, 0.2) is 0 Å². The molecule has 5 nitrogen and oxygen atoms in total. The zero-order valence-electron chi connectivity index (χ0n) is 9.49. The second kappa shape index (κ2) is 7.20. The van der Waals surface area contributed by atoms with Gasteiger partial charge in [0.15, 0.2) is 0 Å². The van der Waals surface area contributed by atoms with E-state index in [1.165, 1.54) is 0 Å². The van der Waals surface area contributed by atoms with E-state index in [9.17, 15) is 17.2 Å². The normalized spacial score (nSPS) is 16.6. The number of ether oxygens (including phenoxy) is 1. The van der Waals surface area contributed by atoms with Crippen LogP contribution < -0.4 is 10.0 Å². The molecule has 1 rings (SSSR count). The maximum Gasteiger partial charge on any atom is 0.261 e. The van der Waals surface area contributed by atoms with Crippen molar-refractivity contribution in [3.63, 3.8) is 0 Å². The Bertz CT molecular complexity index is 307. The molecule has 0 aliphatic heterocycles. The zero-order valence-corrected chi connectivity index (χ0v) is 10.3. The third-order valence-corrected chi connectivity index (χ3v) is 3.58. The molecule has 0 saturated heterocycles. The highest BCUT2D eigenvalue weighted by Crippen LogP contribution is 2.17. The first-order valence-corrected chi connectivity index (χ1v) is 7.21. The second-order valence-corrected chi connectivity index (χ2v) is 5.83. The molecule has 0 aromatic rings. The van der Waals surface area contributed by atoms with Gasteiger partial charge in [-0.3, -0.25) is 0 Å². The van der Waals surface area contributed by atoms with Gasteiger partial charge in [0.1, 0.15) is 6.61 Å². The minimum atomic E-state index is -3.33. The molecule has 2 N–H and O–H groups in total. The van der Waals surface area contributed by atoms with Crippen molar-refractivity contribution < 1.29 is 21.9 Å². The summed E-state index contributed by atoms with van der Waals surface area (Å²) in [5.41, 5.74) is 0. The fourth-order valence-corrected chi connectivity index (χ4v) is 2.12. The van der Waals surface area contributed by atoms with Gasteiger partial charge < -0.3 is 10.1 Å². The Kier molecular flexibility index (Phi) is 6.24. The topological polar surface area (TPSA) is 67.4 Å². The number of nitrogens with one attached hydrogen (secondary N) is 2. The summed E-state index contributed by atoms with van der Waals surface area (Å²) < 4.78 is 52.9. The molecule has 1 aliphatic rings. The van der Waals surface area contributed by atoms with Crippen LogP contribution in [0.5, 0.6) is 0 Å². The zero-order chi connectivity index (χ0) is 12.7. The lowest BCUT2D eigenvalue weighted by Gasteiger charge is -2.07. The van der Waals surface area contributed by atoms with E-state index in [1.807, 2.05) is 0 Å². The molecular weight excluding hydrogens is 254 g/mol. The number of sulfonamides is 1. The monoisotopic (exact) mass is 272 g/mol. The highest BCUT2D eigenvalue weighted by atomic mass is 32.2. The Morgan fingerprint density at radius 2 is 2.00 bits per heavy atom. The molecular formula is C9H18F2N2O3S. The van der Waals surface area contributed by atoms with Crippen LogP contribution in [-0.4, -0.2) is 52.9 Å². The molecule has 0 heterocycles. The van der Waals surface area contributed by atoms with Crippen LogP contribution >= 0.6 is 0 Å². The molecule has 102 valence electrons. The third-order valence-electron chi connectivity index (χ3n) is 2.19. The molecule has 0 aromatic carbocycles. The predicted molar refractivity (Wildman–Crippen MR) is 59.6 cm³/mol. The average molecular weight is 272 g/mol. The molecule has 0 radical (unpaired) electrons. The van der Waals surface area contributed by atoms with Crippen LogP contribution in [0.2, 0.25) is 0 Å². The molecule has 1 aliphatic carbocycles. The maximum absolute atomic E-state index is 11.7. The molecule has 0 amide bonds. The number of alkyl halides is 2. The number of hydrogen-bond donors (Lipinski definition) is 2. The van der Waals surface area contributed by atoms with Gasteiger partial charge in [-0.25, -0.2) is 21.9 Å². The summed E-state index contributed by atoms with van der Waals surface area (Å²) in [6.45, 7) is -0.263. The van der Waals surface area contributed by atoms with Crippen LogP contribution in [0.3, 0.4) is 0 Å². The average Bonchev–Trinajstić information content (AvgIpc) is 3.00. The van der Waals surface area contributed by atoms with Crippen LogP contribution in [0.1, 0.15) is 12.8 Å². The molecule has 0 unspecified atom stereocenters. The van der Waals surface area contributed by atoms with Crippen molar-refractivity contribution in [2.75, 3.05) is 32.1 Å². The summed E-state index contributed by atoms with van der Waals surface area (Å²) in [7, 11) is -3.33. The Hall–Kier alpha value is -0.310. The summed E-state index contributed by atoms with van der Waals surface area (Å²) in [5, 5.41) is 3.08. The summed E-state index contributed by atoms with van der Waals surface area (Å²) >= 11 is 0. The van der Waals surface area contributed by atoms with Gasteiger partial charge in [0.05, 0.1) is 12.4 Å². The van der Waals surface area contributed by atoms with Gasteiger partial charge >= 0.3 is 0 Å². The predicted octanol–water partition coefficient (Wildman–Crippen LogP) is -0.0605. The van der Waals surface area contributed by atoms with Crippen molar-refractivity contribution in [3.8, 4) is 0 Å². The molecule has 1 fully saturated rings. The van der Waals surface area contributed by atoms with E-state index in [4.69, 9.17) is 0 Å². The van der Waals surface area contributed by atoms with Crippen LogP contribution in [0, 0.1) is 0 Å². The fourth-order valence-electron chi connectivity index (χ4n) is 1.20. The van der Waals surface area contributed by atoms with Crippen molar-refractivity contribution in [1.29, 1.82) is 0 Å². The lowest BCUT2D eigenvalue weighted by Crippen LogP contribution is -2.34. The van der Waals surface area contributed by atoms with Crippen molar-refractivity contribution in [1.82, 2.24) is 10.0 Å². The highest BCUT2D eigenvalue weighted by Gasteiger charge is 2.20. The SMILES string of the molecule is O=S(=O)(CCNC1CC1)NCCOCC(F)F. The second-order valence-electron chi connectivity index (χ2n) is 3.91. The molecule has 17 heavy (non-hydrogen) atoms. The lowest BCUT2D eigenvalue weighted by molar-refractivity contribution is 0.0199. The number of hydrogen-bond acceptors (Lipinski definition) is 4. The van der Waals surface area contributed by atoms with E-state index >= 15 is 0 Å². The fraction of sp³-hybridized carbons (Fsp3) is 1.00. The van der Waals surface area contributed by atoms with Gasteiger partial charge in [0, 0.05) is 19.1 Å². The van der Waals surface area contributed by atoms with Crippen molar-refractivity contribution >= 4 is 10.0 Å². The van der Waals surface area contributed by atoms with Gasteiger partial charge in [0.2, 0.25) is 10.0 Å². The molecule has 0 bridgehead atoms. The van der Waals surface area contributed by atoms with E-state index in [0.717, 1.165) is 12.8 Å². The standard InChI is InChI=1S/C9H18F2N2O3S/c10-9(11)7-16-5-3-13-17(14,15)6-4-12-8-1-2-8/h8-9,12-13H,1-7H2. The number of rotatable bonds is 10.